The first-order valence-corrected chi connectivity index (χ1v) is 9.10. The first-order chi connectivity index (χ1) is 12.6. The number of hydrogen-bond acceptors (Lipinski definition) is 2. The zero-order valence-electron chi connectivity index (χ0n) is 15.1. The maximum absolute atomic E-state index is 12.9. The van der Waals surface area contributed by atoms with Crippen LogP contribution >= 0.6 is 11.6 Å². The van der Waals surface area contributed by atoms with Gasteiger partial charge in [-0.05, 0) is 36.6 Å². The molecule has 148 valence electrons. The molecule has 1 aromatic rings. The van der Waals surface area contributed by atoms with Gasteiger partial charge in [-0.15, -0.1) is 0 Å². The summed E-state index contributed by atoms with van der Waals surface area (Å²) in [6.07, 6.45) is -0.730. The van der Waals surface area contributed by atoms with Gasteiger partial charge in [0, 0.05) is 31.1 Å². The lowest BCUT2D eigenvalue weighted by Crippen LogP contribution is -2.47. The standard InChI is InChI=1S/C19H22ClF3N2O2/c1-12(2)18(27)25-9-7-14(8-10-25)24-17(26)6-4-13-3-5-16(20)15(11-13)19(21,22)23/h3-6,11-12,14H,7-10H2,1-2H3,(H,24,26)/b6-4+. The summed E-state index contributed by atoms with van der Waals surface area (Å²) < 4.78 is 38.6. The Bertz CT molecular complexity index is 724. The molecule has 1 aromatic carbocycles. The number of rotatable bonds is 4. The van der Waals surface area contributed by atoms with Gasteiger partial charge in [-0.3, -0.25) is 9.59 Å². The Morgan fingerprint density at radius 1 is 1.26 bits per heavy atom. The van der Waals surface area contributed by atoms with E-state index in [9.17, 15) is 22.8 Å². The average molecular weight is 403 g/mol. The fraction of sp³-hybridized carbons (Fsp3) is 0.474. The minimum Gasteiger partial charge on any atom is -0.350 e. The third-order valence-electron chi connectivity index (χ3n) is 4.37. The summed E-state index contributed by atoms with van der Waals surface area (Å²) in [5, 5.41) is 2.44. The Hall–Kier alpha value is -2.02. The number of nitrogens with one attached hydrogen (secondary N) is 1. The SMILES string of the molecule is CC(C)C(=O)N1CCC(NC(=O)/C=C/c2ccc(Cl)c(C(F)(F)F)c2)CC1. The summed E-state index contributed by atoms with van der Waals surface area (Å²) in [5.74, 6) is -0.338. The first-order valence-electron chi connectivity index (χ1n) is 8.72. The number of hydrogen-bond donors (Lipinski definition) is 1. The number of benzene rings is 1. The molecule has 2 rings (SSSR count). The van der Waals surface area contributed by atoms with Crippen LogP contribution in [0.3, 0.4) is 0 Å². The zero-order chi connectivity index (χ0) is 20.2. The number of amides is 2. The molecule has 4 nitrogen and oxygen atoms in total. The third kappa shape index (κ3) is 5.99. The van der Waals surface area contributed by atoms with E-state index in [0.717, 1.165) is 12.1 Å². The highest BCUT2D eigenvalue weighted by Crippen LogP contribution is 2.35. The van der Waals surface area contributed by atoms with Gasteiger partial charge in [-0.1, -0.05) is 31.5 Å². The van der Waals surface area contributed by atoms with Crippen molar-refractivity contribution in [1.29, 1.82) is 0 Å². The second-order valence-corrected chi connectivity index (χ2v) is 7.24. The van der Waals surface area contributed by atoms with Crippen molar-refractivity contribution in [2.24, 2.45) is 5.92 Å². The maximum Gasteiger partial charge on any atom is 0.417 e. The van der Waals surface area contributed by atoms with E-state index in [4.69, 9.17) is 11.6 Å². The molecule has 8 heteroatoms. The number of carbonyl (C=O) groups is 2. The van der Waals surface area contributed by atoms with Crippen LogP contribution in [0.15, 0.2) is 24.3 Å². The molecule has 0 atom stereocenters. The highest BCUT2D eigenvalue weighted by atomic mass is 35.5. The average Bonchev–Trinajstić information content (AvgIpc) is 2.60. The van der Waals surface area contributed by atoms with Crippen molar-refractivity contribution in [3.63, 3.8) is 0 Å². The van der Waals surface area contributed by atoms with Crippen LogP contribution < -0.4 is 5.32 Å². The van der Waals surface area contributed by atoms with Crippen LogP contribution in [0.1, 0.15) is 37.8 Å². The number of piperidine rings is 1. The van der Waals surface area contributed by atoms with Crippen molar-refractivity contribution in [1.82, 2.24) is 10.2 Å². The Kier molecular flexibility index (Phi) is 6.92. The van der Waals surface area contributed by atoms with Gasteiger partial charge in [0.2, 0.25) is 11.8 Å². The number of carbonyl (C=O) groups excluding carboxylic acids is 2. The molecule has 1 fully saturated rings. The van der Waals surface area contributed by atoms with E-state index < -0.39 is 11.7 Å². The van der Waals surface area contributed by atoms with Gasteiger partial charge in [0.05, 0.1) is 10.6 Å². The Labute approximate surface area is 161 Å². The minimum absolute atomic E-state index is 0.0555. The summed E-state index contributed by atoms with van der Waals surface area (Å²) in [6.45, 7) is 4.86. The highest BCUT2D eigenvalue weighted by Gasteiger charge is 2.33. The smallest absolute Gasteiger partial charge is 0.350 e. The predicted molar refractivity (Wildman–Crippen MR) is 98.1 cm³/mol. The molecule has 2 amide bonds. The van der Waals surface area contributed by atoms with E-state index in [2.05, 4.69) is 5.32 Å². The van der Waals surface area contributed by atoms with E-state index in [1.807, 2.05) is 13.8 Å². The Morgan fingerprint density at radius 2 is 1.89 bits per heavy atom. The third-order valence-corrected chi connectivity index (χ3v) is 4.70. The van der Waals surface area contributed by atoms with Gasteiger partial charge in [-0.25, -0.2) is 0 Å². The summed E-state index contributed by atoms with van der Waals surface area (Å²) in [5.41, 5.74) is -0.701. The fourth-order valence-electron chi connectivity index (χ4n) is 2.89. The van der Waals surface area contributed by atoms with Crippen molar-refractivity contribution in [3.8, 4) is 0 Å². The number of nitrogens with zero attached hydrogens (tertiary/aromatic N) is 1. The normalized spacial score (nSPS) is 16.2. The van der Waals surface area contributed by atoms with Gasteiger partial charge in [-0.2, -0.15) is 13.2 Å². The van der Waals surface area contributed by atoms with Crippen molar-refractivity contribution >= 4 is 29.5 Å². The molecule has 0 aliphatic carbocycles. The quantitative estimate of drug-likeness (QED) is 0.770. The number of alkyl halides is 3. The lowest BCUT2D eigenvalue weighted by Gasteiger charge is -2.33. The fourth-order valence-corrected chi connectivity index (χ4v) is 3.12. The zero-order valence-corrected chi connectivity index (χ0v) is 15.9. The van der Waals surface area contributed by atoms with E-state index in [1.54, 1.807) is 4.90 Å². The van der Waals surface area contributed by atoms with Crippen LogP contribution in [0.2, 0.25) is 5.02 Å². The van der Waals surface area contributed by atoms with Crippen LogP contribution in [-0.4, -0.2) is 35.8 Å². The van der Waals surface area contributed by atoms with Crippen LogP contribution in [0.25, 0.3) is 6.08 Å². The van der Waals surface area contributed by atoms with Crippen LogP contribution in [0.5, 0.6) is 0 Å². The summed E-state index contributed by atoms with van der Waals surface area (Å²) in [6, 6.07) is 3.41. The van der Waals surface area contributed by atoms with E-state index in [0.29, 0.717) is 25.9 Å². The van der Waals surface area contributed by atoms with Gasteiger partial charge in [0.15, 0.2) is 0 Å². The molecule has 27 heavy (non-hydrogen) atoms. The van der Waals surface area contributed by atoms with Crippen molar-refractivity contribution < 1.29 is 22.8 Å². The molecule has 1 aliphatic heterocycles. The lowest BCUT2D eigenvalue weighted by molar-refractivity contribution is -0.137. The van der Waals surface area contributed by atoms with Crippen LogP contribution in [-0.2, 0) is 15.8 Å². The molecule has 0 unspecified atom stereocenters. The highest BCUT2D eigenvalue weighted by molar-refractivity contribution is 6.31. The monoisotopic (exact) mass is 402 g/mol. The first kappa shape index (κ1) is 21.3. The maximum atomic E-state index is 12.9. The Balaban J connectivity index is 1.91. The van der Waals surface area contributed by atoms with Crippen molar-refractivity contribution in [2.45, 2.75) is 38.9 Å². The minimum atomic E-state index is -4.55. The molecule has 0 bridgehead atoms. The predicted octanol–water partition coefficient (Wildman–Crippen LogP) is 4.14. The van der Waals surface area contributed by atoms with Gasteiger partial charge >= 0.3 is 6.18 Å². The number of likely N-dealkylation sites (tertiary alicyclic amines) is 1. The molecule has 1 heterocycles. The van der Waals surface area contributed by atoms with Crippen molar-refractivity contribution in [3.05, 3.63) is 40.4 Å². The lowest BCUT2D eigenvalue weighted by atomic mass is 10.0. The molecule has 0 aromatic heterocycles. The molecule has 0 saturated carbocycles. The molecule has 1 aliphatic rings. The van der Waals surface area contributed by atoms with Gasteiger partial charge in [0.25, 0.3) is 0 Å². The van der Waals surface area contributed by atoms with E-state index in [1.165, 1.54) is 18.2 Å². The van der Waals surface area contributed by atoms with Crippen LogP contribution in [0.4, 0.5) is 13.2 Å². The molecule has 1 N–H and O–H groups in total. The molecular formula is C19H22ClF3N2O2. The molecule has 1 saturated heterocycles. The summed E-state index contributed by atoms with van der Waals surface area (Å²) >= 11 is 5.57. The van der Waals surface area contributed by atoms with Gasteiger partial charge < -0.3 is 10.2 Å². The van der Waals surface area contributed by atoms with E-state index >= 15 is 0 Å². The molecular weight excluding hydrogens is 381 g/mol. The number of halogens is 4. The Morgan fingerprint density at radius 3 is 2.44 bits per heavy atom. The topological polar surface area (TPSA) is 49.4 Å². The molecule has 0 radical (unpaired) electrons. The molecule has 0 spiro atoms. The van der Waals surface area contributed by atoms with Crippen LogP contribution in [0, 0.1) is 5.92 Å². The van der Waals surface area contributed by atoms with Crippen molar-refractivity contribution in [2.75, 3.05) is 13.1 Å². The summed E-state index contributed by atoms with van der Waals surface area (Å²) in [4.78, 5) is 25.8. The second-order valence-electron chi connectivity index (χ2n) is 6.83. The van der Waals surface area contributed by atoms with E-state index in [-0.39, 0.29) is 34.4 Å². The van der Waals surface area contributed by atoms with Gasteiger partial charge in [0.1, 0.15) is 0 Å². The summed E-state index contributed by atoms with van der Waals surface area (Å²) in [7, 11) is 0. The second kappa shape index (κ2) is 8.78. The largest absolute Gasteiger partial charge is 0.417 e.